The Morgan fingerprint density at radius 3 is 2.17 bits per heavy atom. The molecule has 0 aliphatic heterocycles. The van der Waals surface area contributed by atoms with Crippen molar-refractivity contribution in [2.24, 2.45) is 4.99 Å². The van der Waals surface area contributed by atoms with Gasteiger partial charge in [-0.15, -0.1) is 0 Å². The summed E-state index contributed by atoms with van der Waals surface area (Å²) in [5.41, 5.74) is 8.64. The van der Waals surface area contributed by atoms with Crippen LogP contribution in [0.2, 0.25) is 0 Å². The maximum atomic E-state index is 5.13. The zero-order valence-electron chi connectivity index (χ0n) is 19.4. The molecule has 1 aromatic heterocycles. The number of hydrogen-bond acceptors (Lipinski definition) is 5. The minimum Gasteiger partial charge on any atom is -0.339 e. The number of aryl methyl sites for hydroxylation is 4. The minimum atomic E-state index is 0.593. The van der Waals surface area contributed by atoms with Gasteiger partial charge in [0.1, 0.15) is 0 Å². The zero-order chi connectivity index (χ0) is 22.5. The second kappa shape index (κ2) is 13.3. The fourth-order valence-electron chi connectivity index (χ4n) is 2.38. The molecule has 6 heteroatoms. The summed E-state index contributed by atoms with van der Waals surface area (Å²) < 4.78 is 4.89. The predicted molar refractivity (Wildman–Crippen MR) is 124 cm³/mol. The molecule has 3 aromatic rings. The SMILES string of the molecule is CC.CCONC(=NC)c1ccc(C)c(C)c1.Cc1ccc(-c2noc(C)n2)cc1. The van der Waals surface area contributed by atoms with E-state index in [0.717, 1.165) is 17.0 Å². The molecule has 0 unspecified atom stereocenters. The van der Waals surface area contributed by atoms with Gasteiger partial charge in [-0.3, -0.25) is 9.83 Å². The molecule has 0 fully saturated rings. The maximum Gasteiger partial charge on any atom is 0.223 e. The molecule has 30 heavy (non-hydrogen) atoms. The van der Waals surface area contributed by atoms with Gasteiger partial charge in [0.15, 0.2) is 5.84 Å². The van der Waals surface area contributed by atoms with Crippen molar-refractivity contribution in [3.63, 3.8) is 0 Å². The Morgan fingerprint density at radius 1 is 1.00 bits per heavy atom. The Balaban J connectivity index is 0.000000279. The van der Waals surface area contributed by atoms with Crippen LogP contribution in [0.5, 0.6) is 0 Å². The molecule has 3 rings (SSSR count). The molecule has 6 nitrogen and oxygen atoms in total. The molecule has 1 heterocycles. The monoisotopic (exact) mass is 410 g/mol. The first-order valence-electron chi connectivity index (χ1n) is 10.2. The van der Waals surface area contributed by atoms with Gasteiger partial charge in [0.05, 0.1) is 6.61 Å². The first kappa shape index (κ1) is 25.0. The van der Waals surface area contributed by atoms with Gasteiger partial charge in [-0.2, -0.15) is 4.98 Å². The van der Waals surface area contributed by atoms with Gasteiger partial charge in [-0.25, -0.2) is 5.48 Å². The first-order valence-corrected chi connectivity index (χ1v) is 10.2. The molecule has 0 radical (unpaired) electrons. The standard InChI is InChI=1S/C12H18N2O.C10H10N2O.C2H6/c1-5-15-14-12(13-4)11-7-6-9(2)10(3)8-11;1-7-3-5-9(6-4-7)10-11-8(2)13-12-10;1-2/h6-8H,5H2,1-4H3,(H,13,14);3-6H,1-2H3;1-2H3. The third-order valence-electron chi connectivity index (χ3n) is 4.15. The van der Waals surface area contributed by atoms with Crippen molar-refractivity contribution in [3.05, 3.63) is 70.6 Å². The van der Waals surface area contributed by atoms with Crippen LogP contribution in [-0.2, 0) is 4.84 Å². The molecule has 0 bridgehead atoms. The van der Waals surface area contributed by atoms with Crippen LogP contribution in [0.4, 0.5) is 0 Å². The Labute approximate surface area is 180 Å². The summed E-state index contributed by atoms with van der Waals surface area (Å²) in [6.45, 7) is 14.6. The van der Waals surface area contributed by atoms with Gasteiger partial charge in [-0.05, 0) is 44.9 Å². The molecule has 162 valence electrons. The van der Waals surface area contributed by atoms with E-state index in [1.54, 1.807) is 14.0 Å². The molecule has 0 aliphatic rings. The highest BCUT2D eigenvalue weighted by Crippen LogP contribution is 2.15. The topological polar surface area (TPSA) is 72.5 Å². The van der Waals surface area contributed by atoms with Gasteiger partial charge in [-0.1, -0.05) is 61.0 Å². The molecule has 0 spiro atoms. The lowest BCUT2D eigenvalue weighted by Gasteiger charge is -2.09. The van der Waals surface area contributed by atoms with E-state index < -0.39 is 0 Å². The van der Waals surface area contributed by atoms with E-state index in [-0.39, 0.29) is 0 Å². The van der Waals surface area contributed by atoms with E-state index in [4.69, 9.17) is 9.36 Å². The summed E-state index contributed by atoms with van der Waals surface area (Å²) in [6.07, 6.45) is 0. The van der Waals surface area contributed by atoms with E-state index in [1.807, 2.05) is 58.0 Å². The second-order valence-electron chi connectivity index (χ2n) is 6.41. The van der Waals surface area contributed by atoms with Crippen molar-refractivity contribution >= 4 is 5.84 Å². The lowest BCUT2D eigenvalue weighted by Crippen LogP contribution is -2.24. The van der Waals surface area contributed by atoms with E-state index in [2.05, 4.69) is 46.6 Å². The number of aliphatic imine (C=N–C) groups is 1. The van der Waals surface area contributed by atoms with Crippen LogP contribution in [0.3, 0.4) is 0 Å². The molecule has 0 aliphatic carbocycles. The van der Waals surface area contributed by atoms with E-state index >= 15 is 0 Å². The van der Waals surface area contributed by atoms with Crippen LogP contribution in [0.25, 0.3) is 11.4 Å². The van der Waals surface area contributed by atoms with E-state index in [9.17, 15) is 0 Å². The Hall–Kier alpha value is -2.99. The quantitative estimate of drug-likeness (QED) is 0.344. The fraction of sp³-hybridized carbons (Fsp3) is 0.375. The molecule has 0 saturated carbocycles. The number of rotatable bonds is 4. The van der Waals surface area contributed by atoms with Crippen LogP contribution in [-0.4, -0.2) is 29.6 Å². The zero-order valence-corrected chi connectivity index (χ0v) is 19.4. The van der Waals surface area contributed by atoms with Gasteiger partial charge < -0.3 is 4.52 Å². The van der Waals surface area contributed by atoms with E-state index in [0.29, 0.717) is 18.3 Å². The Morgan fingerprint density at radius 2 is 1.67 bits per heavy atom. The largest absolute Gasteiger partial charge is 0.339 e. The summed E-state index contributed by atoms with van der Waals surface area (Å²) in [4.78, 5) is 13.4. The lowest BCUT2D eigenvalue weighted by atomic mass is 10.1. The number of benzene rings is 2. The summed E-state index contributed by atoms with van der Waals surface area (Å²) in [5.74, 6) is 2.01. The number of hydroxylamine groups is 1. The molecular formula is C24H34N4O2. The van der Waals surface area contributed by atoms with Crippen LogP contribution < -0.4 is 5.48 Å². The third-order valence-corrected chi connectivity index (χ3v) is 4.15. The number of amidine groups is 1. The summed E-state index contributed by atoms with van der Waals surface area (Å²) in [6, 6.07) is 14.3. The van der Waals surface area contributed by atoms with Crippen molar-refractivity contribution in [1.29, 1.82) is 0 Å². The molecule has 1 N–H and O–H groups in total. The van der Waals surface area contributed by atoms with Gasteiger partial charge in [0, 0.05) is 25.1 Å². The van der Waals surface area contributed by atoms with Crippen LogP contribution in [0, 0.1) is 27.7 Å². The first-order chi connectivity index (χ1) is 14.4. The highest BCUT2D eigenvalue weighted by Gasteiger charge is 2.04. The third kappa shape index (κ3) is 7.79. The van der Waals surface area contributed by atoms with Gasteiger partial charge in [0.2, 0.25) is 11.7 Å². The second-order valence-corrected chi connectivity index (χ2v) is 6.41. The van der Waals surface area contributed by atoms with Crippen molar-refractivity contribution in [2.75, 3.05) is 13.7 Å². The average molecular weight is 411 g/mol. The Kier molecular flexibility index (Phi) is 11.1. The summed E-state index contributed by atoms with van der Waals surface area (Å²) in [5, 5.41) is 3.83. The molecule has 2 aromatic carbocycles. The van der Waals surface area contributed by atoms with Gasteiger partial charge in [0.25, 0.3) is 0 Å². The molecule has 0 amide bonds. The number of nitrogens with zero attached hydrogens (tertiary/aromatic N) is 3. The van der Waals surface area contributed by atoms with Crippen molar-refractivity contribution in [3.8, 4) is 11.4 Å². The van der Waals surface area contributed by atoms with Crippen molar-refractivity contribution in [2.45, 2.75) is 48.5 Å². The normalized spacial score (nSPS) is 10.5. The number of aromatic nitrogens is 2. The Bertz CT molecular complexity index is 915. The average Bonchev–Trinajstić information content (AvgIpc) is 3.20. The minimum absolute atomic E-state index is 0.593. The molecule has 0 saturated heterocycles. The van der Waals surface area contributed by atoms with E-state index in [1.165, 1.54) is 16.7 Å². The van der Waals surface area contributed by atoms with Crippen molar-refractivity contribution < 1.29 is 9.36 Å². The molecule has 0 atom stereocenters. The fourth-order valence-corrected chi connectivity index (χ4v) is 2.38. The smallest absolute Gasteiger partial charge is 0.223 e. The van der Waals surface area contributed by atoms with Crippen LogP contribution in [0.15, 0.2) is 52.0 Å². The highest BCUT2D eigenvalue weighted by molar-refractivity contribution is 5.98. The lowest BCUT2D eigenvalue weighted by molar-refractivity contribution is 0.0972. The molecular weight excluding hydrogens is 376 g/mol. The summed E-state index contributed by atoms with van der Waals surface area (Å²) in [7, 11) is 1.75. The number of hydrogen-bond donors (Lipinski definition) is 1. The van der Waals surface area contributed by atoms with Crippen LogP contribution in [0.1, 0.15) is 48.9 Å². The van der Waals surface area contributed by atoms with Crippen molar-refractivity contribution in [1.82, 2.24) is 15.6 Å². The summed E-state index contributed by atoms with van der Waals surface area (Å²) >= 11 is 0. The number of nitrogens with one attached hydrogen (secondary N) is 1. The maximum absolute atomic E-state index is 5.13. The predicted octanol–water partition coefficient (Wildman–Crippen LogP) is 5.60. The van der Waals surface area contributed by atoms with Crippen LogP contribution >= 0.6 is 0 Å². The highest BCUT2D eigenvalue weighted by atomic mass is 16.6. The van der Waals surface area contributed by atoms with Gasteiger partial charge >= 0.3 is 0 Å².